The van der Waals surface area contributed by atoms with Gasteiger partial charge in [0, 0.05) is 0 Å². The van der Waals surface area contributed by atoms with Crippen molar-refractivity contribution in [1.82, 2.24) is 0 Å². The Morgan fingerprint density at radius 2 is 1.76 bits per heavy atom. The first-order valence-corrected chi connectivity index (χ1v) is 11.3. The molecule has 21 heavy (non-hydrogen) atoms. The summed E-state index contributed by atoms with van der Waals surface area (Å²) in [5.41, 5.74) is 0.526. The molecule has 0 bridgehead atoms. The van der Waals surface area contributed by atoms with E-state index in [1.54, 1.807) is 6.21 Å². The van der Waals surface area contributed by atoms with Crippen LogP contribution in [0.2, 0.25) is 19.6 Å². The van der Waals surface area contributed by atoms with Crippen molar-refractivity contribution in [2.45, 2.75) is 57.3 Å². The van der Waals surface area contributed by atoms with E-state index in [-0.39, 0.29) is 0 Å². The lowest BCUT2D eigenvalue weighted by Crippen LogP contribution is -2.47. The van der Waals surface area contributed by atoms with Crippen molar-refractivity contribution in [3.8, 4) is 0 Å². The molecular formula is C17H27NO2Si. The lowest BCUT2D eigenvalue weighted by molar-refractivity contribution is 0.0454. The second-order valence-electron chi connectivity index (χ2n) is 6.95. The highest BCUT2D eigenvalue weighted by Gasteiger charge is 2.43. The predicted molar refractivity (Wildman–Crippen MR) is 89.4 cm³/mol. The molecule has 1 aromatic carbocycles. The molecule has 0 unspecified atom stereocenters. The second-order valence-corrected chi connectivity index (χ2v) is 11.4. The summed E-state index contributed by atoms with van der Waals surface area (Å²) in [5, 5.41) is 12.7. The Labute approximate surface area is 129 Å². The van der Waals surface area contributed by atoms with Crippen LogP contribution in [0.15, 0.2) is 35.5 Å². The first-order chi connectivity index (χ1) is 9.98. The molecule has 1 aromatic rings. The van der Waals surface area contributed by atoms with E-state index >= 15 is 0 Å². The predicted octanol–water partition coefficient (Wildman–Crippen LogP) is 4.77. The lowest BCUT2D eigenvalue weighted by Gasteiger charge is -2.43. The van der Waals surface area contributed by atoms with E-state index in [0.29, 0.717) is 5.92 Å². The molecular weight excluding hydrogens is 278 g/mol. The van der Waals surface area contributed by atoms with Crippen LogP contribution < -0.4 is 0 Å². The number of oxime groups is 1. The van der Waals surface area contributed by atoms with Crippen LogP contribution in [0, 0.1) is 5.92 Å². The number of hydrogen-bond donors (Lipinski definition) is 1. The highest BCUT2D eigenvalue weighted by Crippen LogP contribution is 2.42. The van der Waals surface area contributed by atoms with Gasteiger partial charge < -0.3 is 9.63 Å². The quantitative estimate of drug-likeness (QED) is 0.368. The second kappa shape index (κ2) is 6.75. The fraction of sp³-hybridized carbons (Fsp3) is 0.588. The summed E-state index contributed by atoms with van der Waals surface area (Å²) in [7, 11) is -1.80. The van der Waals surface area contributed by atoms with E-state index in [9.17, 15) is 5.21 Å². The average Bonchev–Trinajstić information content (AvgIpc) is 2.47. The Bertz CT molecular complexity index is 463. The van der Waals surface area contributed by atoms with E-state index in [4.69, 9.17) is 4.43 Å². The van der Waals surface area contributed by atoms with Gasteiger partial charge >= 0.3 is 0 Å². The molecule has 0 heterocycles. The third-order valence-corrected chi connectivity index (χ3v) is 5.11. The highest BCUT2D eigenvalue weighted by molar-refractivity contribution is 6.70. The Hall–Kier alpha value is -1.13. The Morgan fingerprint density at radius 3 is 2.29 bits per heavy atom. The van der Waals surface area contributed by atoms with Gasteiger partial charge in [0.1, 0.15) is 5.60 Å². The summed E-state index contributed by atoms with van der Waals surface area (Å²) in [4.78, 5) is 0. The van der Waals surface area contributed by atoms with Crippen LogP contribution in [-0.2, 0) is 10.0 Å². The van der Waals surface area contributed by atoms with E-state index in [1.807, 2.05) is 18.2 Å². The van der Waals surface area contributed by atoms with Crippen LogP contribution in [-0.4, -0.2) is 19.7 Å². The van der Waals surface area contributed by atoms with Gasteiger partial charge in [0.25, 0.3) is 0 Å². The van der Waals surface area contributed by atoms with Crippen molar-refractivity contribution in [3.05, 3.63) is 35.9 Å². The Kier molecular flexibility index (Phi) is 5.22. The molecule has 1 fully saturated rings. The molecule has 4 heteroatoms. The molecule has 1 aliphatic rings. The van der Waals surface area contributed by atoms with Crippen LogP contribution in [0.4, 0.5) is 0 Å². The van der Waals surface area contributed by atoms with Crippen LogP contribution >= 0.6 is 0 Å². The summed E-state index contributed by atoms with van der Waals surface area (Å²) >= 11 is 0. The molecule has 0 aromatic heterocycles. The zero-order chi connectivity index (χ0) is 15.3. The Morgan fingerprint density at radius 1 is 1.14 bits per heavy atom. The zero-order valence-corrected chi connectivity index (χ0v) is 14.4. The third kappa shape index (κ3) is 3.95. The van der Waals surface area contributed by atoms with Gasteiger partial charge in [-0.05, 0) is 44.0 Å². The van der Waals surface area contributed by atoms with Gasteiger partial charge in [-0.2, -0.15) is 0 Å². The van der Waals surface area contributed by atoms with Gasteiger partial charge in [-0.25, -0.2) is 0 Å². The number of benzene rings is 1. The van der Waals surface area contributed by atoms with Gasteiger partial charge in [0.2, 0.25) is 0 Å². The average molecular weight is 305 g/mol. The number of hydrogen-bond acceptors (Lipinski definition) is 3. The lowest BCUT2D eigenvalue weighted by atomic mass is 9.74. The number of nitrogens with zero attached hydrogens (tertiary/aromatic N) is 1. The summed E-state index contributed by atoms with van der Waals surface area (Å²) in [5.74, 6) is 0.385. The summed E-state index contributed by atoms with van der Waals surface area (Å²) in [6, 6.07) is 10.3. The van der Waals surface area contributed by atoms with Gasteiger partial charge in [-0.15, -0.1) is 0 Å². The van der Waals surface area contributed by atoms with Crippen molar-refractivity contribution in [1.29, 1.82) is 0 Å². The van der Waals surface area contributed by atoms with Crippen molar-refractivity contribution >= 4 is 14.5 Å². The van der Waals surface area contributed by atoms with Crippen LogP contribution in [0.25, 0.3) is 0 Å². The molecule has 1 N–H and O–H groups in total. The van der Waals surface area contributed by atoms with E-state index in [0.717, 1.165) is 18.4 Å². The summed E-state index contributed by atoms with van der Waals surface area (Å²) in [6.45, 7) is 6.58. The van der Waals surface area contributed by atoms with Gasteiger partial charge in [-0.3, -0.25) is 0 Å². The standard InChI is InChI=1S/C17H27NO2Si/c1-21(2,3)20-17(14-18-19,15-10-6-4-7-11-15)16-12-8-5-9-13-16/h4,6-7,10-11,14,16,19H,5,8-9,12-13H2,1-3H3/t17-/m0/s1. The van der Waals surface area contributed by atoms with Crippen molar-refractivity contribution in [2.24, 2.45) is 11.1 Å². The largest absolute Gasteiger partial charge is 0.411 e. The van der Waals surface area contributed by atoms with E-state index in [2.05, 4.69) is 36.9 Å². The van der Waals surface area contributed by atoms with Gasteiger partial charge in [-0.1, -0.05) is 54.8 Å². The topological polar surface area (TPSA) is 41.8 Å². The zero-order valence-electron chi connectivity index (χ0n) is 13.4. The molecule has 116 valence electrons. The summed E-state index contributed by atoms with van der Waals surface area (Å²) in [6.07, 6.45) is 7.65. The molecule has 3 nitrogen and oxygen atoms in total. The third-order valence-electron chi connectivity index (χ3n) is 4.16. The first kappa shape index (κ1) is 16.2. The molecule has 1 saturated carbocycles. The Balaban J connectivity index is 2.48. The van der Waals surface area contributed by atoms with Crippen LogP contribution in [0.3, 0.4) is 0 Å². The molecule has 0 saturated heterocycles. The normalized spacial score (nSPS) is 20.5. The highest BCUT2D eigenvalue weighted by atomic mass is 28.4. The molecule has 1 aliphatic carbocycles. The molecule has 0 radical (unpaired) electrons. The number of rotatable bonds is 5. The minimum Gasteiger partial charge on any atom is -0.411 e. The van der Waals surface area contributed by atoms with Crippen LogP contribution in [0.5, 0.6) is 0 Å². The summed E-state index contributed by atoms with van der Waals surface area (Å²) < 4.78 is 6.62. The minimum atomic E-state index is -1.80. The van der Waals surface area contributed by atoms with Crippen molar-refractivity contribution < 1.29 is 9.63 Å². The van der Waals surface area contributed by atoms with Gasteiger partial charge in [0.05, 0.1) is 6.21 Å². The van der Waals surface area contributed by atoms with Gasteiger partial charge in [0.15, 0.2) is 8.32 Å². The SMILES string of the molecule is C[Si](C)(C)O[C@@](C=NO)(c1ccccc1)C1CCCCC1. The molecule has 2 rings (SSSR count). The maximum atomic E-state index is 9.30. The monoisotopic (exact) mass is 305 g/mol. The fourth-order valence-corrected chi connectivity index (χ4v) is 4.76. The minimum absolute atomic E-state index is 0.385. The molecule has 0 spiro atoms. The fourth-order valence-electron chi connectivity index (χ4n) is 3.41. The van der Waals surface area contributed by atoms with Crippen molar-refractivity contribution in [2.75, 3.05) is 0 Å². The van der Waals surface area contributed by atoms with E-state index in [1.165, 1.54) is 19.3 Å². The van der Waals surface area contributed by atoms with Crippen LogP contribution in [0.1, 0.15) is 37.7 Å². The smallest absolute Gasteiger partial charge is 0.185 e. The maximum Gasteiger partial charge on any atom is 0.185 e. The maximum absolute atomic E-state index is 9.30. The van der Waals surface area contributed by atoms with E-state index < -0.39 is 13.9 Å². The first-order valence-electron chi connectivity index (χ1n) is 7.92. The van der Waals surface area contributed by atoms with Crippen molar-refractivity contribution in [3.63, 3.8) is 0 Å². The molecule has 0 aliphatic heterocycles. The molecule has 1 atom stereocenters. The molecule has 0 amide bonds.